The molecule has 6 rings (SSSR count). The largest absolute Gasteiger partial charge is 0.332 e. The summed E-state index contributed by atoms with van der Waals surface area (Å²) in [5.41, 5.74) is 3.38. The fraction of sp³-hybridized carbons (Fsp3) is 0.238. The Morgan fingerprint density at radius 1 is 1.16 bits per heavy atom. The SMILES string of the molecule is O=C1c2c(-c3nc(-c4ccsc4)no3)nnn2CCN1CC(=O)N1CCc2ccccc21. The molecule has 0 N–H and O–H groups in total. The molecule has 0 bridgehead atoms. The molecule has 0 saturated carbocycles. The molecular formula is C21H17N7O3S. The molecule has 32 heavy (non-hydrogen) atoms. The van der Waals surface area contributed by atoms with Crippen LogP contribution in [0.25, 0.3) is 23.0 Å². The van der Waals surface area contributed by atoms with Crippen molar-refractivity contribution in [2.75, 3.05) is 24.5 Å². The van der Waals surface area contributed by atoms with E-state index in [-0.39, 0.29) is 35.6 Å². The lowest BCUT2D eigenvalue weighted by Crippen LogP contribution is -2.47. The lowest BCUT2D eigenvalue weighted by atomic mass is 10.2. The fourth-order valence-electron chi connectivity index (χ4n) is 4.12. The second kappa shape index (κ2) is 7.38. The minimum Gasteiger partial charge on any atom is -0.332 e. The predicted molar refractivity (Wildman–Crippen MR) is 115 cm³/mol. The van der Waals surface area contributed by atoms with Crippen molar-refractivity contribution >= 4 is 28.8 Å². The van der Waals surface area contributed by atoms with Gasteiger partial charge in [-0.2, -0.15) is 16.3 Å². The maximum atomic E-state index is 13.3. The third-order valence-electron chi connectivity index (χ3n) is 5.73. The van der Waals surface area contributed by atoms with Crippen molar-refractivity contribution in [1.82, 2.24) is 30.0 Å². The molecule has 10 nitrogen and oxygen atoms in total. The Morgan fingerprint density at radius 3 is 2.94 bits per heavy atom. The lowest BCUT2D eigenvalue weighted by Gasteiger charge is -2.28. The fourth-order valence-corrected chi connectivity index (χ4v) is 4.75. The Labute approximate surface area is 186 Å². The van der Waals surface area contributed by atoms with Crippen molar-refractivity contribution in [3.05, 3.63) is 52.3 Å². The topological polar surface area (TPSA) is 110 Å². The van der Waals surface area contributed by atoms with Gasteiger partial charge in [0.25, 0.3) is 11.8 Å². The molecule has 2 aliphatic heterocycles. The number of fused-ring (bicyclic) bond motifs is 2. The quantitative estimate of drug-likeness (QED) is 0.471. The number of aromatic nitrogens is 5. The Hall–Kier alpha value is -3.86. The first-order valence-corrected chi connectivity index (χ1v) is 11.1. The van der Waals surface area contributed by atoms with E-state index in [1.807, 2.05) is 41.1 Å². The molecule has 11 heteroatoms. The summed E-state index contributed by atoms with van der Waals surface area (Å²) in [6.45, 7) is 1.42. The summed E-state index contributed by atoms with van der Waals surface area (Å²) in [6.07, 6.45) is 0.820. The van der Waals surface area contributed by atoms with Crippen LogP contribution in [0, 0.1) is 0 Å². The van der Waals surface area contributed by atoms with E-state index in [1.54, 1.807) is 4.90 Å². The van der Waals surface area contributed by atoms with Gasteiger partial charge in [0.1, 0.15) is 6.54 Å². The van der Waals surface area contributed by atoms with E-state index in [1.165, 1.54) is 20.9 Å². The van der Waals surface area contributed by atoms with Crippen LogP contribution in [0.15, 0.2) is 45.6 Å². The molecule has 160 valence electrons. The normalized spacial score (nSPS) is 15.2. The van der Waals surface area contributed by atoms with Crippen LogP contribution in [0.1, 0.15) is 16.1 Å². The van der Waals surface area contributed by atoms with Gasteiger partial charge in [-0.3, -0.25) is 9.59 Å². The number of amides is 2. The molecule has 1 aromatic carbocycles. The van der Waals surface area contributed by atoms with E-state index in [9.17, 15) is 9.59 Å². The lowest BCUT2D eigenvalue weighted by molar-refractivity contribution is -0.119. The van der Waals surface area contributed by atoms with E-state index in [2.05, 4.69) is 20.5 Å². The Morgan fingerprint density at radius 2 is 2.06 bits per heavy atom. The van der Waals surface area contributed by atoms with E-state index >= 15 is 0 Å². The highest BCUT2D eigenvalue weighted by Crippen LogP contribution is 2.29. The molecule has 2 aliphatic rings. The summed E-state index contributed by atoms with van der Waals surface area (Å²) >= 11 is 1.53. The second-order valence-electron chi connectivity index (χ2n) is 7.60. The number of benzene rings is 1. The van der Waals surface area contributed by atoms with Crippen LogP contribution in [-0.2, 0) is 17.8 Å². The number of thiophene rings is 1. The van der Waals surface area contributed by atoms with Crippen molar-refractivity contribution in [1.29, 1.82) is 0 Å². The Balaban J connectivity index is 1.25. The van der Waals surface area contributed by atoms with Crippen LogP contribution in [0.4, 0.5) is 5.69 Å². The molecule has 0 spiro atoms. The van der Waals surface area contributed by atoms with E-state index < -0.39 is 0 Å². The smallest absolute Gasteiger partial charge is 0.281 e. The number of carbonyl (C=O) groups is 2. The molecule has 4 aromatic rings. The van der Waals surface area contributed by atoms with Gasteiger partial charge in [-0.15, -0.1) is 5.10 Å². The highest BCUT2D eigenvalue weighted by atomic mass is 32.1. The molecule has 0 radical (unpaired) electrons. The van der Waals surface area contributed by atoms with Gasteiger partial charge in [-0.25, -0.2) is 4.68 Å². The Bertz CT molecular complexity index is 1330. The van der Waals surface area contributed by atoms with Crippen molar-refractivity contribution in [2.45, 2.75) is 13.0 Å². The summed E-state index contributed by atoms with van der Waals surface area (Å²) in [6, 6.07) is 9.74. The number of rotatable bonds is 4. The Kier molecular flexibility index (Phi) is 4.35. The number of para-hydroxylation sites is 1. The monoisotopic (exact) mass is 447 g/mol. The predicted octanol–water partition coefficient (Wildman–Crippen LogP) is 2.10. The van der Waals surface area contributed by atoms with Gasteiger partial charge in [-0.1, -0.05) is 28.6 Å². The molecule has 3 aromatic heterocycles. The number of nitrogens with zero attached hydrogens (tertiary/aromatic N) is 7. The third kappa shape index (κ3) is 3.01. The molecule has 0 saturated heterocycles. The third-order valence-corrected chi connectivity index (χ3v) is 6.41. The molecule has 0 fully saturated rings. The summed E-state index contributed by atoms with van der Waals surface area (Å²) in [5.74, 6) is 0.115. The van der Waals surface area contributed by atoms with Gasteiger partial charge >= 0.3 is 0 Å². The summed E-state index contributed by atoms with van der Waals surface area (Å²) in [4.78, 5) is 33.9. The highest BCUT2D eigenvalue weighted by Gasteiger charge is 2.35. The van der Waals surface area contributed by atoms with E-state index in [4.69, 9.17) is 4.52 Å². The van der Waals surface area contributed by atoms with Crippen LogP contribution in [-0.4, -0.2) is 61.5 Å². The van der Waals surface area contributed by atoms with E-state index in [0.29, 0.717) is 25.5 Å². The zero-order chi connectivity index (χ0) is 21.7. The minimum atomic E-state index is -0.327. The molecule has 0 unspecified atom stereocenters. The zero-order valence-corrected chi connectivity index (χ0v) is 17.7. The van der Waals surface area contributed by atoms with Crippen LogP contribution < -0.4 is 4.90 Å². The number of hydrogen-bond donors (Lipinski definition) is 0. The average Bonchev–Trinajstić information content (AvgIpc) is 3.60. The van der Waals surface area contributed by atoms with Gasteiger partial charge < -0.3 is 14.3 Å². The molecular weight excluding hydrogens is 430 g/mol. The van der Waals surface area contributed by atoms with Crippen molar-refractivity contribution < 1.29 is 14.1 Å². The number of carbonyl (C=O) groups excluding carboxylic acids is 2. The van der Waals surface area contributed by atoms with E-state index in [0.717, 1.165) is 23.2 Å². The second-order valence-corrected chi connectivity index (χ2v) is 8.38. The van der Waals surface area contributed by atoms with Crippen LogP contribution in [0.2, 0.25) is 0 Å². The summed E-state index contributed by atoms with van der Waals surface area (Å²) in [5, 5.41) is 16.0. The van der Waals surface area contributed by atoms with Crippen molar-refractivity contribution in [3.63, 3.8) is 0 Å². The minimum absolute atomic E-state index is 0.0121. The zero-order valence-electron chi connectivity index (χ0n) is 16.8. The molecule has 5 heterocycles. The molecule has 0 atom stereocenters. The first kappa shape index (κ1) is 18.9. The van der Waals surface area contributed by atoms with Crippen LogP contribution >= 0.6 is 11.3 Å². The van der Waals surface area contributed by atoms with Gasteiger partial charge in [0, 0.05) is 29.7 Å². The standard InChI is InChI=1S/C21H17N7O3S/c29-16(27-7-5-13-3-1-2-4-15(13)27)11-26-8-9-28-18(21(26)30)17(23-25-28)20-22-19(24-31-20)14-6-10-32-12-14/h1-4,6,10,12H,5,7-9,11H2. The van der Waals surface area contributed by atoms with Gasteiger partial charge in [0.2, 0.25) is 11.7 Å². The average molecular weight is 447 g/mol. The molecule has 2 amide bonds. The first-order valence-electron chi connectivity index (χ1n) is 10.2. The van der Waals surface area contributed by atoms with Gasteiger partial charge in [0.15, 0.2) is 11.4 Å². The molecule has 0 aliphatic carbocycles. The van der Waals surface area contributed by atoms with Crippen LogP contribution in [0.5, 0.6) is 0 Å². The maximum absolute atomic E-state index is 13.3. The number of hydrogen-bond acceptors (Lipinski definition) is 8. The number of anilines is 1. The maximum Gasteiger partial charge on any atom is 0.281 e. The highest BCUT2D eigenvalue weighted by molar-refractivity contribution is 7.08. The first-order chi connectivity index (χ1) is 15.7. The van der Waals surface area contributed by atoms with Crippen LogP contribution in [0.3, 0.4) is 0 Å². The van der Waals surface area contributed by atoms with Crippen molar-refractivity contribution in [3.8, 4) is 23.0 Å². The summed E-state index contributed by atoms with van der Waals surface area (Å²) in [7, 11) is 0. The van der Waals surface area contributed by atoms with Gasteiger partial charge in [0.05, 0.1) is 6.54 Å². The van der Waals surface area contributed by atoms with Gasteiger partial charge in [-0.05, 0) is 29.5 Å². The summed E-state index contributed by atoms with van der Waals surface area (Å²) < 4.78 is 6.89. The van der Waals surface area contributed by atoms with Crippen molar-refractivity contribution in [2.24, 2.45) is 0 Å².